The van der Waals surface area contributed by atoms with Gasteiger partial charge in [-0.2, -0.15) is 0 Å². The molecular formula is C13H26N2O. The summed E-state index contributed by atoms with van der Waals surface area (Å²) in [5, 5.41) is 0. The quantitative estimate of drug-likeness (QED) is 0.774. The first-order chi connectivity index (χ1) is 7.69. The molecule has 0 aromatic carbocycles. The van der Waals surface area contributed by atoms with Crippen molar-refractivity contribution in [2.45, 2.75) is 51.7 Å². The summed E-state index contributed by atoms with van der Waals surface area (Å²) in [7, 11) is 0. The fraction of sp³-hybridized carbons (Fsp3) is 1.00. The van der Waals surface area contributed by atoms with Crippen molar-refractivity contribution >= 4 is 0 Å². The summed E-state index contributed by atoms with van der Waals surface area (Å²) >= 11 is 0. The molecule has 2 N–H and O–H groups in total. The van der Waals surface area contributed by atoms with Crippen LogP contribution < -0.4 is 5.73 Å². The fourth-order valence-electron chi connectivity index (χ4n) is 2.88. The lowest BCUT2D eigenvalue weighted by molar-refractivity contribution is -0.0625. The minimum Gasteiger partial charge on any atom is -0.376 e. The normalized spacial score (nSPS) is 33.9. The van der Waals surface area contributed by atoms with Gasteiger partial charge in [-0.3, -0.25) is 4.90 Å². The third-order valence-electron chi connectivity index (χ3n) is 4.22. The van der Waals surface area contributed by atoms with E-state index in [0.717, 1.165) is 19.7 Å². The van der Waals surface area contributed by atoms with Gasteiger partial charge in [-0.05, 0) is 44.6 Å². The zero-order valence-corrected chi connectivity index (χ0v) is 10.7. The smallest absolute Gasteiger partial charge is 0.0674 e. The molecule has 3 nitrogen and oxygen atoms in total. The number of nitrogens with two attached hydrogens (primary N) is 1. The molecule has 2 fully saturated rings. The highest BCUT2D eigenvalue weighted by Crippen LogP contribution is 2.49. The average Bonchev–Trinajstić information content (AvgIpc) is 2.99. The minimum absolute atomic E-state index is 0.400. The van der Waals surface area contributed by atoms with E-state index in [1.807, 2.05) is 0 Å². The Morgan fingerprint density at radius 2 is 2.19 bits per heavy atom. The Hall–Kier alpha value is -0.120. The van der Waals surface area contributed by atoms with Gasteiger partial charge < -0.3 is 10.5 Å². The SMILES string of the molecule is CCC1COC(C)CN1CC1(CCN)CC1. The molecular weight excluding hydrogens is 200 g/mol. The molecule has 94 valence electrons. The topological polar surface area (TPSA) is 38.5 Å². The van der Waals surface area contributed by atoms with Crippen LogP contribution in [0.2, 0.25) is 0 Å². The van der Waals surface area contributed by atoms with Crippen LogP contribution in [0.15, 0.2) is 0 Å². The molecule has 1 aliphatic carbocycles. The number of hydrogen-bond donors (Lipinski definition) is 1. The van der Waals surface area contributed by atoms with E-state index in [9.17, 15) is 0 Å². The Balaban J connectivity index is 1.90. The molecule has 0 bridgehead atoms. The molecule has 2 unspecified atom stereocenters. The summed E-state index contributed by atoms with van der Waals surface area (Å²) in [5.41, 5.74) is 6.28. The lowest BCUT2D eigenvalue weighted by Crippen LogP contribution is -2.50. The van der Waals surface area contributed by atoms with Crippen molar-refractivity contribution in [1.82, 2.24) is 4.90 Å². The van der Waals surface area contributed by atoms with E-state index in [1.54, 1.807) is 0 Å². The highest BCUT2D eigenvalue weighted by molar-refractivity contribution is 4.97. The molecule has 16 heavy (non-hydrogen) atoms. The van der Waals surface area contributed by atoms with E-state index in [2.05, 4.69) is 18.7 Å². The molecule has 1 saturated heterocycles. The maximum absolute atomic E-state index is 5.74. The Kier molecular flexibility index (Phi) is 3.88. The summed E-state index contributed by atoms with van der Waals surface area (Å²) in [4.78, 5) is 2.65. The van der Waals surface area contributed by atoms with Gasteiger partial charge in [-0.15, -0.1) is 0 Å². The number of hydrogen-bond acceptors (Lipinski definition) is 3. The van der Waals surface area contributed by atoms with Crippen molar-refractivity contribution in [1.29, 1.82) is 0 Å². The molecule has 2 aliphatic rings. The first-order valence-corrected chi connectivity index (χ1v) is 6.75. The van der Waals surface area contributed by atoms with Crippen LogP contribution in [0.3, 0.4) is 0 Å². The first-order valence-electron chi connectivity index (χ1n) is 6.75. The van der Waals surface area contributed by atoms with Crippen molar-refractivity contribution in [3.8, 4) is 0 Å². The van der Waals surface area contributed by atoms with E-state index < -0.39 is 0 Å². The summed E-state index contributed by atoms with van der Waals surface area (Å²) < 4.78 is 5.74. The molecule has 0 aromatic rings. The van der Waals surface area contributed by atoms with Crippen molar-refractivity contribution < 1.29 is 4.74 Å². The van der Waals surface area contributed by atoms with Crippen LogP contribution >= 0.6 is 0 Å². The fourth-order valence-corrected chi connectivity index (χ4v) is 2.88. The van der Waals surface area contributed by atoms with Gasteiger partial charge in [0.1, 0.15) is 0 Å². The largest absolute Gasteiger partial charge is 0.376 e. The van der Waals surface area contributed by atoms with Gasteiger partial charge in [0.15, 0.2) is 0 Å². The first kappa shape index (κ1) is 12.3. The van der Waals surface area contributed by atoms with Crippen LogP contribution in [-0.4, -0.2) is 43.3 Å². The van der Waals surface area contributed by atoms with Crippen LogP contribution in [0.5, 0.6) is 0 Å². The van der Waals surface area contributed by atoms with Gasteiger partial charge in [0.05, 0.1) is 12.7 Å². The van der Waals surface area contributed by atoms with Crippen LogP contribution in [0.1, 0.15) is 39.5 Å². The van der Waals surface area contributed by atoms with E-state index in [4.69, 9.17) is 10.5 Å². The standard InChI is InChI=1S/C13H26N2O/c1-3-12-9-16-11(2)8-15(12)10-13(4-5-13)6-7-14/h11-12H,3-10,14H2,1-2H3. The van der Waals surface area contributed by atoms with Crippen molar-refractivity contribution in [3.05, 3.63) is 0 Å². The molecule has 0 aromatic heterocycles. The van der Waals surface area contributed by atoms with Gasteiger partial charge in [0.2, 0.25) is 0 Å². The zero-order chi connectivity index (χ0) is 11.6. The second-order valence-corrected chi connectivity index (χ2v) is 5.67. The van der Waals surface area contributed by atoms with Gasteiger partial charge >= 0.3 is 0 Å². The molecule has 0 radical (unpaired) electrons. The predicted octanol–water partition coefficient (Wildman–Crippen LogP) is 1.61. The summed E-state index contributed by atoms with van der Waals surface area (Å²) in [6, 6.07) is 0.631. The lowest BCUT2D eigenvalue weighted by Gasteiger charge is -2.40. The molecule has 1 heterocycles. The van der Waals surface area contributed by atoms with E-state index >= 15 is 0 Å². The van der Waals surface area contributed by atoms with E-state index in [1.165, 1.54) is 32.2 Å². The van der Waals surface area contributed by atoms with E-state index in [0.29, 0.717) is 17.6 Å². The second kappa shape index (κ2) is 5.03. The third-order valence-corrected chi connectivity index (χ3v) is 4.22. The summed E-state index contributed by atoms with van der Waals surface area (Å²) in [6.45, 7) is 8.55. The minimum atomic E-state index is 0.400. The predicted molar refractivity (Wildman–Crippen MR) is 66.4 cm³/mol. The number of rotatable bonds is 5. The number of ether oxygens (including phenoxy) is 1. The molecule has 2 rings (SSSR count). The number of morpholine rings is 1. The summed E-state index contributed by atoms with van der Waals surface area (Å²) in [6.07, 6.45) is 5.57. The molecule has 2 atom stereocenters. The van der Waals surface area contributed by atoms with Crippen LogP contribution in [0.4, 0.5) is 0 Å². The third kappa shape index (κ3) is 2.76. The number of nitrogens with zero attached hydrogens (tertiary/aromatic N) is 1. The Morgan fingerprint density at radius 1 is 1.44 bits per heavy atom. The molecule has 1 saturated carbocycles. The van der Waals surface area contributed by atoms with Crippen LogP contribution in [-0.2, 0) is 4.74 Å². The molecule has 3 heteroatoms. The second-order valence-electron chi connectivity index (χ2n) is 5.67. The van der Waals surface area contributed by atoms with Gasteiger partial charge in [0.25, 0.3) is 0 Å². The zero-order valence-electron chi connectivity index (χ0n) is 10.7. The molecule has 0 amide bonds. The maximum atomic E-state index is 5.74. The van der Waals surface area contributed by atoms with Crippen LogP contribution in [0, 0.1) is 5.41 Å². The molecule has 0 spiro atoms. The van der Waals surface area contributed by atoms with Crippen molar-refractivity contribution in [2.24, 2.45) is 11.1 Å². The van der Waals surface area contributed by atoms with Gasteiger partial charge in [-0.25, -0.2) is 0 Å². The highest BCUT2D eigenvalue weighted by Gasteiger charge is 2.44. The van der Waals surface area contributed by atoms with Crippen molar-refractivity contribution in [2.75, 3.05) is 26.2 Å². The lowest BCUT2D eigenvalue weighted by atomic mass is 9.99. The van der Waals surface area contributed by atoms with Gasteiger partial charge in [0, 0.05) is 19.1 Å². The van der Waals surface area contributed by atoms with E-state index in [-0.39, 0.29) is 0 Å². The highest BCUT2D eigenvalue weighted by atomic mass is 16.5. The van der Waals surface area contributed by atoms with Crippen LogP contribution in [0.25, 0.3) is 0 Å². The average molecular weight is 226 g/mol. The monoisotopic (exact) mass is 226 g/mol. The Morgan fingerprint density at radius 3 is 2.75 bits per heavy atom. The summed E-state index contributed by atoms with van der Waals surface area (Å²) in [5.74, 6) is 0. The molecule has 1 aliphatic heterocycles. The maximum Gasteiger partial charge on any atom is 0.0674 e. The Bertz CT molecular complexity index is 228. The van der Waals surface area contributed by atoms with Crippen molar-refractivity contribution in [3.63, 3.8) is 0 Å². The Labute approximate surface area is 99.3 Å². The van der Waals surface area contributed by atoms with Gasteiger partial charge in [-0.1, -0.05) is 6.92 Å².